The molecule has 2 N–H and O–H groups in total. The number of halogens is 1. The van der Waals surface area contributed by atoms with Crippen molar-refractivity contribution in [3.05, 3.63) is 22.6 Å². The Morgan fingerprint density at radius 1 is 1.26 bits per heavy atom. The van der Waals surface area contributed by atoms with Gasteiger partial charge in [-0.2, -0.15) is 0 Å². The molecular weight excluding hydrogens is 270 g/mol. The van der Waals surface area contributed by atoms with Crippen molar-refractivity contribution in [3.63, 3.8) is 0 Å². The van der Waals surface area contributed by atoms with Gasteiger partial charge in [0, 0.05) is 11.6 Å². The summed E-state index contributed by atoms with van der Waals surface area (Å²) < 4.78 is 0.584. The second-order valence-corrected chi connectivity index (χ2v) is 4.60. The Kier molecular flexibility index (Phi) is 3.16. The maximum absolute atomic E-state index is 10.8. The highest BCUT2D eigenvalue weighted by Gasteiger charge is 2.20. The zero-order valence-corrected chi connectivity index (χ0v) is 11.2. The third kappa shape index (κ3) is 2.02. The molecule has 0 unspecified atom stereocenters. The van der Waals surface area contributed by atoms with Gasteiger partial charge in [-0.3, -0.25) is 0 Å². The second kappa shape index (κ2) is 4.51. The molecule has 0 amide bonds. The fourth-order valence-electron chi connectivity index (χ4n) is 2.01. The molecule has 0 spiro atoms. The fourth-order valence-corrected chi connectivity index (χ4v) is 2.08. The van der Waals surface area contributed by atoms with E-state index in [1.165, 1.54) is 0 Å². The summed E-state index contributed by atoms with van der Waals surface area (Å²) in [7, 11) is 0. The maximum Gasteiger partial charge on any atom is 0.428 e. The Morgan fingerprint density at radius 2 is 1.84 bits per heavy atom. The lowest BCUT2D eigenvalue weighted by atomic mass is 10.1. The summed E-state index contributed by atoms with van der Waals surface area (Å²) in [6, 6.07) is 3.47. The number of rotatable bonds is 1. The fraction of sp³-hybridized carbons (Fsp3) is 0.154. The topological polar surface area (TPSA) is 71.7 Å². The number of fused-ring (bicyclic) bond motifs is 1. The zero-order valence-electron chi connectivity index (χ0n) is 10.4. The predicted octanol–water partition coefficient (Wildman–Crippen LogP) is 1.44. The van der Waals surface area contributed by atoms with Crippen molar-refractivity contribution in [2.45, 2.75) is 13.8 Å². The highest BCUT2D eigenvalue weighted by Crippen LogP contribution is 2.31. The number of aromatic nitrogens is 1. The molecule has 0 bridgehead atoms. The summed E-state index contributed by atoms with van der Waals surface area (Å²) in [5.74, 6) is -0.821. The number of benzene rings is 1. The highest BCUT2D eigenvalue weighted by atomic mass is 35.5. The van der Waals surface area contributed by atoms with Crippen molar-refractivity contribution >= 4 is 40.0 Å². The minimum atomic E-state index is -1.17. The molecule has 5 nitrogen and oxygen atoms in total. The number of nitrogens with zero attached hydrogens (tertiary/aromatic N) is 1. The Morgan fingerprint density at radius 3 is 2.37 bits per heavy atom. The summed E-state index contributed by atoms with van der Waals surface area (Å²) >= 11 is 5.10. The van der Waals surface area contributed by atoms with Gasteiger partial charge in [-0.25, -0.2) is 4.79 Å². The van der Waals surface area contributed by atoms with Crippen LogP contribution in [0, 0.1) is 0 Å². The smallest absolute Gasteiger partial charge is 0.428 e. The average Bonchev–Trinajstić information content (AvgIpc) is 2.55. The van der Waals surface area contributed by atoms with Gasteiger partial charge in [0.05, 0.1) is 10.8 Å². The number of aromatic hydroxyl groups is 2. The zero-order chi connectivity index (χ0) is 14.3. The van der Waals surface area contributed by atoms with Crippen molar-refractivity contribution < 1.29 is 19.8 Å². The van der Waals surface area contributed by atoms with Crippen LogP contribution in [-0.4, -0.2) is 20.4 Å². The van der Waals surface area contributed by atoms with Gasteiger partial charge >= 0.3 is 5.43 Å². The molecule has 1 heterocycles. The van der Waals surface area contributed by atoms with Crippen LogP contribution in [0.3, 0.4) is 0 Å². The summed E-state index contributed by atoms with van der Waals surface area (Å²) in [5, 5.41) is 22.0. The van der Waals surface area contributed by atoms with Crippen LogP contribution in [0.1, 0.15) is 13.8 Å². The van der Waals surface area contributed by atoms with Gasteiger partial charge in [0.1, 0.15) is 0 Å². The molecule has 1 aromatic carbocycles. The summed E-state index contributed by atoms with van der Waals surface area (Å²) in [4.78, 5) is 15.3. The summed E-state index contributed by atoms with van der Waals surface area (Å²) in [6.45, 7) is 7.50. The largest absolute Gasteiger partial charge is 0.492 e. The monoisotopic (exact) mass is 281 g/mol. The van der Waals surface area contributed by atoms with Crippen LogP contribution in [0.4, 0.5) is 4.79 Å². The highest BCUT2D eigenvalue weighted by molar-refractivity contribution is 6.61. The quantitative estimate of drug-likeness (QED) is 0.776. The van der Waals surface area contributed by atoms with E-state index in [9.17, 15) is 15.0 Å². The third-order valence-electron chi connectivity index (χ3n) is 2.83. The molecular formula is C13H12ClNO4. The molecule has 6 heteroatoms. The summed E-state index contributed by atoms with van der Waals surface area (Å²) in [5.41, 5.74) is -0.245. The van der Waals surface area contributed by atoms with E-state index in [0.717, 1.165) is 10.8 Å². The standard InChI is InChI=1S/C13H12ClNO4/c1-6(2)8-5-4-7(3)9-10(8)12(17)15(11(9)16)19-13(14)18/h4-5,16-17H,3H2,1-2H3. The number of hydrogen-bond acceptors (Lipinski definition) is 4. The van der Waals surface area contributed by atoms with Crippen molar-refractivity contribution in [3.8, 4) is 11.8 Å². The maximum atomic E-state index is 10.8. The lowest BCUT2D eigenvalue weighted by Gasteiger charge is -2.02. The van der Waals surface area contributed by atoms with Gasteiger partial charge in [0.15, 0.2) is 0 Å². The van der Waals surface area contributed by atoms with Gasteiger partial charge in [0.2, 0.25) is 11.8 Å². The van der Waals surface area contributed by atoms with Crippen LogP contribution in [0.15, 0.2) is 12.1 Å². The minimum absolute atomic E-state index is 0.314. The molecule has 0 radical (unpaired) electrons. The second-order valence-electron chi connectivity index (χ2n) is 4.29. The number of carbonyl (C=O) groups is 1. The van der Waals surface area contributed by atoms with Crippen LogP contribution in [0.2, 0.25) is 0 Å². The Balaban J connectivity index is 3.04. The molecule has 2 aromatic rings. The molecule has 100 valence electrons. The minimum Gasteiger partial charge on any atom is -0.492 e. The van der Waals surface area contributed by atoms with Gasteiger partial charge in [-0.05, 0) is 24.3 Å². The molecule has 0 aliphatic rings. The van der Waals surface area contributed by atoms with Crippen LogP contribution >= 0.6 is 11.6 Å². The SMILES string of the molecule is C=c1ccc(=C(C)C)c2c(O)n(OC(=O)Cl)c(O)c12. The molecule has 1 aromatic heterocycles. The van der Waals surface area contributed by atoms with Crippen LogP contribution < -0.4 is 15.3 Å². The first-order valence-corrected chi connectivity index (χ1v) is 5.82. The third-order valence-corrected chi connectivity index (χ3v) is 2.89. The molecule has 0 aliphatic carbocycles. The number of hydrogen-bond donors (Lipinski definition) is 2. The Labute approximate surface area is 113 Å². The average molecular weight is 282 g/mol. The van der Waals surface area contributed by atoms with Crippen LogP contribution in [-0.2, 0) is 0 Å². The van der Waals surface area contributed by atoms with Crippen molar-refractivity contribution in [1.29, 1.82) is 0 Å². The van der Waals surface area contributed by atoms with Crippen molar-refractivity contribution in [1.82, 2.24) is 4.73 Å². The molecule has 19 heavy (non-hydrogen) atoms. The first-order chi connectivity index (χ1) is 8.84. The van der Waals surface area contributed by atoms with E-state index in [1.54, 1.807) is 12.1 Å². The normalized spacial score (nSPS) is 10.7. The predicted molar refractivity (Wildman–Crippen MR) is 72.6 cm³/mol. The first kappa shape index (κ1) is 13.3. The van der Waals surface area contributed by atoms with Crippen LogP contribution in [0.25, 0.3) is 22.9 Å². The Hall–Kier alpha value is -2.14. The van der Waals surface area contributed by atoms with E-state index in [1.807, 2.05) is 13.8 Å². The lowest BCUT2D eigenvalue weighted by Crippen LogP contribution is -2.12. The molecule has 0 aliphatic heterocycles. The number of carbonyl (C=O) groups excluding carboxylic acids is 1. The molecule has 0 atom stereocenters. The van der Waals surface area contributed by atoms with E-state index >= 15 is 0 Å². The van der Waals surface area contributed by atoms with E-state index in [-0.39, 0.29) is 0 Å². The summed E-state index contributed by atoms with van der Waals surface area (Å²) in [6.07, 6.45) is 0. The molecule has 2 rings (SSSR count). The van der Waals surface area contributed by atoms with Crippen molar-refractivity contribution in [2.24, 2.45) is 0 Å². The van der Waals surface area contributed by atoms with Gasteiger partial charge in [-0.1, -0.05) is 24.3 Å². The van der Waals surface area contributed by atoms with E-state index < -0.39 is 17.2 Å². The Bertz CT molecular complexity index is 787. The van der Waals surface area contributed by atoms with E-state index in [2.05, 4.69) is 11.4 Å². The molecule has 0 saturated carbocycles. The van der Waals surface area contributed by atoms with E-state index in [4.69, 9.17) is 11.6 Å². The van der Waals surface area contributed by atoms with E-state index in [0.29, 0.717) is 20.7 Å². The van der Waals surface area contributed by atoms with Gasteiger partial charge < -0.3 is 15.1 Å². The first-order valence-electron chi connectivity index (χ1n) is 5.44. The van der Waals surface area contributed by atoms with Gasteiger partial charge in [-0.15, -0.1) is 4.73 Å². The van der Waals surface area contributed by atoms with Gasteiger partial charge in [0.25, 0.3) is 0 Å². The van der Waals surface area contributed by atoms with Crippen LogP contribution in [0.5, 0.6) is 11.8 Å². The lowest BCUT2D eigenvalue weighted by molar-refractivity contribution is 0.131. The molecule has 0 fully saturated rings. The van der Waals surface area contributed by atoms with Crippen molar-refractivity contribution in [2.75, 3.05) is 0 Å². The molecule has 0 saturated heterocycles.